The first-order chi connectivity index (χ1) is 6.77. The number of amides is 1. The molecule has 0 N–H and O–H groups in total. The molecule has 0 radical (unpaired) electrons. The quantitative estimate of drug-likeness (QED) is 0.533. The Labute approximate surface area is 82.5 Å². The second-order valence-corrected chi connectivity index (χ2v) is 3.20. The van der Waals surface area contributed by atoms with Gasteiger partial charge in [-0.1, -0.05) is 36.9 Å². The summed E-state index contributed by atoms with van der Waals surface area (Å²) >= 11 is 0. The molecular formula is C11H11NO2. The minimum atomic E-state index is -0.110. The maximum Gasteiger partial charge on any atom is 0.274 e. The van der Waals surface area contributed by atoms with Crippen LogP contribution < -0.4 is 0 Å². The number of benzene rings is 1. The highest BCUT2D eigenvalue weighted by molar-refractivity contribution is 5.98. The molecule has 1 fully saturated rings. The van der Waals surface area contributed by atoms with Crippen LogP contribution in [0.5, 0.6) is 0 Å². The topological polar surface area (TPSA) is 29.5 Å². The highest BCUT2D eigenvalue weighted by atomic mass is 16.7. The van der Waals surface area contributed by atoms with Gasteiger partial charge in [0.05, 0.1) is 6.54 Å². The number of rotatable bonds is 3. The first-order valence-electron chi connectivity index (χ1n) is 4.44. The lowest BCUT2D eigenvalue weighted by atomic mass is 10.2. The fourth-order valence-electron chi connectivity index (χ4n) is 1.23. The molecule has 1 aromatic rings. The molecule has 0 atom stereocenters. The van der Waals surface area contributed by atoms with E-state index in [2.05, 4.69) is 6.58 Å². The molecule has 2 rings (SSSR count). The molecular weight excluding hydrogens is 178 g/mol. The first-order valence-corrected chi connectivity index (χ1v) is 4.44. The van der Waals surface area contributed by atoms with E-state index in [0.717, 1.165) is 5.56 Å². The molecule has 3 heteroatoms. The Kier molecular flexibility index (Phi) is 2.33. The van der Waals surface area contributed by atoms with Gasteiger partial charge in [0.2, 0.25) is 0 Å². The summed E-state index contributed by atoms with van der Waals surface area (Å²) in [4.78, 5) is 16.4. The van der Waals surface area contributed by atoms with Crippen molar-refractivity contribution in [3.8, 4) is 0 Å². The van der Waals surface area contributed by atoms with Gasteiger partial charge >= 0.3 is 0 Å². The van der Waals surface area contributed by atoms with Gasteiger partial charge in [-0.3, -0.25) is 9.63 Å². The zero-order chi connectivity index (χ0) is 9.97. The molecule has 1 aromatic carbocycles. The summed E-state index contributed by atoms with van der Waals surface area (Å²) in [6.07, 6.45) is 0. The molecule has 1 amide bonds. The maximum atomic E-state index is 11.1. The fraction of sp³-hybridized carbons (Fsp3) is 0.182. The molecule has 72 valence electrons. The third kappa shape index (κ3) is 1.67. The molecule has 0 aliphatic carbocycles. The van der Waals surface area contributed by atoms with Crippen LogP contribution in [0.15, 0.2) is 42.5 Å². The normalized spacial score (nSPS) is 15.6. The van der Waals surface area contributed by atoms with Gasteiger partial charge in [0, 0.05) is 5.57 Å². The summed E-state index contributed by atoms with van der Waals surface area (Å²) < 4.78 is 0. The lowest BCUT2D eigenvalue weighted by molar-refractivity contribution is -0.199. The van der Waals surface area contributed by atoms with Crippen molar-refractivity contribution < 1.29 is 9.63 Å². The second kappa shape index (κ2) is 3.64. The van der Waals surface area contributed by atoms with Crippen LogP contribution in [-0.2, 0) is 16.2 Å². The number of hydrogen-bond donors (Lipinski definition) is 0. The largest absolute Gasteiger partial charge is 0.274 e. The molecule has 1 aliphatic heterocycles. The van der Waals surface area contributed by atoms with Crippen molar-refractivity contribution in [2.75, 3.05) is 6.54 Å². The second-order valence-electron chi connectivity index (χ2n) is 3.20. The van der Waals surface area contributed by atoms with Gasteiger partial charge in [0.25, 0.3) is 5.91 Å². The van der Waals surface area contributed by atoms with E-state index in [1.165, 1.54) is 5.06 Å². The summed E-state index contributed by atoms with van der Waals surface area (Å²) in [7, 11) is 0. The molecule has 0 unspecified atom stereocenters. The van der Waals surface area contributed by atoms with E-state index in [1.54, 1.807) is 0 Å². The number of β-lactam (4-membered cyclic amide) rings is 1. The minimum absolute atomic E-state index is 0.110. The Morgan fingerprint density at radius 3 is 2.64 bits per heavy atom. The molecule has 3 nitrogen and oxygen atoms in total. The van der Waals surface area contributed by atoms with Gasteiger partial charge in [-0.05, 0) is 5.56 Å². The SMILES string of the molecule is C=C1CN(OCc2ccccc2)C1=O. The molecule has 0 bridgehead atoms. The van der Waals surface area contributed by atoms with Crippen molar-refractivity contribution in [2.45, 2.75) is 6.61 Å². The van der Waals surface area contributed by atoms with E-state index >= 15 is 0 Å². The summed E-state index contributed by atoms with van der Waals surface area (Å²) in [5.74, 6) is -0.110. The summed E-state index contributed by atoms with van der Waals surface area (Å²) in [5.41, 5.74) is 1.66. The van der Waals surface area contributed by atoms with E-state index in [1.807, 2.05) is 30.3 Å². The Balaban J connectivity index is 1.84. The summed E-state index contributed by atoms with van der Waals surface area (Å²) in [6.45, 7) is 4.53. The minimum Gasteiger partial charge on any atom is -0.267 e. The van der Waals surface area contributed by atoms with E-state index in [4.69, 9.17) is 4.84 Å². The van der Waals surface area contributed by atoms with Crippen LogP contribution in [-0.4, -0.2) is 17.5 Å². The van der Waals surface area contributed by atoms with Crippen molar-refractivity contribution in [1.29, 1.82) is 0 Å². The average molecular weight is 189 g/mol. The molecule has 0 spiro atoms. The number of carbonyl (C=O) groups excluding carboxylic acids is 1. The third-order valence-electron chi connectivity index (χ3n) is 2.09. The lowest BCUT2D eigenvalue weighted by Gasteiger charge is -2.30. The van der Waals surface area contributed by atoms with Crippen LogP contribution >= 0.6 is 0 Å². The number of hydroxylamine groups is 2. The van der Waals surface area contributed by atoms with Gasteiger partial charge in [0.1, 0.15) is 6.61 Å². The molecule has 1 aliphatic rings. The lowest BCUT2D eigenvalue weighted by Crippen LogP contribution is -2.45. The molecule has 0 aromatic heterocycles. The van der Waals surface area contributed by atoms with E-state index in [-0.39, 0.29) is 5.91 Å². The molecule has 0 saturated carbocycles. The van der Waals surface area contributed by atoms with Gasteiger partial charge in [0.15, 0.2) is 0 Å². The Morgan fingerprint density at radius 1 is 1.36 bits per heavy atom. The van der Waals surface area contributed by atoms with Crippen molar-refractivity contribution in [2.24, 2.45) is 0 Å². The first kappa shape index (κ1) is 8.97. The van der Waals surface area contributed by atoms with Crippen LogP contribution in [0, 0.1) is 0 Å². The van der Waals surface area contributed by atoms with Crippen molar-refractivity contribution in [1.82, 2.24) is 5.06 Å². The van der Waals surface area contributed by atoms with E-state index in [0.29, 0.717) is 18.7 Å². The van der Waals surface area contributed by atoms with Crippen LogP contribution in [0.25, 0.3) is 0 Å². The fourth-order valence-corrected chi connectivity index (χ4v) is 1.23. The maximum absolute atomic E-state index is 11.1. The highest BCUT2D eigenvalue weighted by Gasteiger charge is 2.29. The van der Waals surface area contributed by atoms with Crippen LogP contribution in [0.3, 0.4) is 0 Å². The molecule has 14 heavy (non-hydrogen) atoms. The van der Waals surface area contributed by atoms with Crippen LogP contribution in [0.4, 0.5) is 0 Å². The number of nitrogens with zero attached hydrogens (tertiary/aromatic N) is 1. The average Bonchev–Trinajstić information content (AvgIpc) is 2.25. The third-order valence-corrected chi connectivity index (χ3v) is 2.09. The van der Waals surface area contributed by atoms with E-state index in [9.17, 15) is 4.79 Å². The summed E-state index contributed by atoms with van der Waals surface area (Å²) in [5, 5.41) is 1.33. The predicted octanol–water partition coefficient (Wildman–Crippen LogP) is 1.52. The number of hydrogen-bond acceptors (Lipinski definition) is 2. The standard InChI is InChI=1S/C11H11NO2/c1-9-7-12(11(9)13)14-8-10-5-3-2-4-6-10/h2-6H,1,7-8H2. The number of carbonyl (C=O) groups is 1. The Hall–Kier alpha value is -1.61. The predicted molar refractivity (Wildman–Crippen MR) is 52.1 cm³/mol. The highest BCUT2D eigenvalue weighted by Crippen LogP contribution is 2.15. The van der Waals surface area contributed by atoms with Gasteiger partial charge < -0.3 is 0 Å². The van der Waals surface area contributed by atoms with Crippen LogP contribution in [0.2, 0.25) is 0 Å². The molecule has 1 heterocycles. The van der Waals surface area contributed by atoms with E-state index < -0.39 is 0 Å². The van der Waals surface area contributed by atoms with Crippen molar-refractivity contribution in [3.63, 3.8) is 0 Å². The molecule has 1 saturated heterocycles. The van der Waals surface area contributed by atoms with Crippen molar-refractivity contribution >= 4 is 5.91 Å². The zero-order valence-corrected chi connectivity index (χ0v) is 7.77. The monoisotopic (exact) mass is 189 g/mol. The van der Waals surface area contributed by atoms with Crippen molar-refractivity contribution in [3.05, 3.63) is 48.0 Å². The zero-order valence-electron chi connectivity index (χ0n) is 7.77. The smallest absolute Gasteiger partial charge is 0.267 e. The van der Waals surface area contributed by atoms with Gasteiger partial charge in [-0.15, -0.1) is 0 Å². The Bertz CT molecular complexity index is 359. The van der Waals surface area contributed by atoms with Gasteiger partial charge in [-0.25, -0.2) is 5.06 Å². The Morgan fingerprint density at radius 2 is 2.07 bits per heavy atom. The van der Waals surface area contributed by atoms with Crippen LogP contribution in [0.1, 0.15) is 5.56 Å². The summed E-state index contributed by atoms with van der Waals surface area (Å²) in [6, 6.07) is 9.74. The van der Waals surface area contributed by atoms with Gasteiger partial charge in [-0.2, -0.15) is 0 Å².